The lowest BCUT2D eigenvalue weighted by molar-refractivity contribution is 0.0534. The van der Waals surface area contributed by atoms with Crippen LogP contribution < -0.4 is 0 Å². The van der Waals surface area contributed by atoms with Crippen molar-refractivity contribution in [2.45, 2.75) is 37.6 Å². The Hall–Kier alpha value is -2.59. The topological polar surface area (TPSA) is 114 Å². The van der Waals surface area contributed by atoms with E-state index in [2.05, 4.69) is 10.1 Å². The first kappa shape index (κ1) is 17.8. The molecule has 0 radical (unpaired) electrons. The van der Waals surface area contributed by atoms with E-state index in [1.807, 2.05) is 0 Å². The zero-order chi connectivity index (χ0) is 19.3. The van der Waals surface area contributed by atoms with Crippen molar-refractivity contribution in [2.75, 3.05) is 13.1 Å². The number of aryl methyl sites for hydroxylation is 2. The van der Waals surface area contributed by atoms with E-state index in [4.69, 9.17) is 4.52 Å². The zero-order valence-corrected chi connectivity index (χ0v) is 15.7. The summed E-state index contributed by atoms with van der Waals surface area (Å²) in [5.74, 6) is -0.529. The van der Waals surface area contributed by atoms with Crippen LogP contribution in [0.25, 0.3) is 0 Å². The number of carbonyl (C=O) groups is 2. The van der Waals surface area contributed by atoms with Gasteiger partial charge in [-0.3, -0.25) is 19.5 Å². The normalized spacial score (nSPS) is 19.0. The fraction of sp³-hybridized carbons (Fsp3) is 0.412. The van der Waals surface area contributed by atoms with Crippen molar-refractivity contribution >= 4 is 21.8 Å². The predicted molar refractivity (Wildman–Crippen MR) is 92.5 cm³/mol. The van der Waals surface area contributed by atoms with E-state index in [0.717, 1.165) is 0 Å². The van der Waals surface area contributed by atoms with Crippen molar-refractivity contribution in [1.29, 1.82) is 0 Å². The number of sulfonamides is 1. The van der Waals surface area contributed by atoms with E-state index in [-0.39, 0.29) is 41.4 Å². The summed E-state index contributed by atoms with van der Waals surface area (Å²) >= 11 is 0. The van der Waals surface area contributed by atoms with E-state index < -0.39 is 15.9 Å². The van der Waals surface area contributed by atoms with Crippen molar-refractivity contribution in [2.24, 2.45) is 0 Å². The molecule has 9 nitrogen and oxygen atoms in total. The molecule has 4 heterocycles. The molecule has 0 N–H and O–H groups in total. The van der Waals surface area contributed by atoms with Crippen molar-refractivity contribution in [3.63, 3.8) is 0 Å². The van der Waals surface area contributed by atoms with Gasteiger partial charge in [-0.2, -0.15) is 4.31 Å². The fourth-order valence-corrected chi connectivity index (χ4v) is 5.49. The van der Waals surface area contributed by atoms with Gasteiger partial charge in [-0.05, 0) is 38.8 Å². The minimum Gasteiger partial charge on any atom is -0.360 e. The summed E-state index contributed by atoms with van der Waals surface area (Å²) < 4.78 is 32.1. The third kappa shape index (κ3) is 2.67. The van der Waals surface area contributed by atoms with Gasteiger partial charge in [0.1, 0.15) is 16.3 Å². The molecule has 0 aliphatic carbocycles. The number of rotatable bonds is 3. The number of piperidine rings is 1. The van der Waals surface area contributed by atoms with Crippen molar-refractivity contribution in [1.82, 2.24) is 19.3 Å². The Morgan fingerprint density at radius 2 is 1.85 bits per heavy atom. The molecule has 2 aliphatic heterocycles. The molecular formula is C17H18N4O5S. The Bertz CT molecular complexity index is 983. The second kappa shape index (κ2) is 6.24. The van der Waals surface area contributed by atoms with Crippen molar-refractivity contribution in [3.05, 3.63) is 41.0 Å². The first-order chi connectivity index (χ1) is 12.8. The molecule has 1 fully saturated rings. The average Bonchev–Trinajstić information content (AvgIpc) is 3.13. The van der Waals surface area contributed by atoms with E-state index in [1.54, 1.807) is 26.0 Å². The SMILES string of the molecule is Cc1noc(C)c1S(=O)(=O)N1CCC(N2C(=O)c3cccnc3C2=O)CC1. The van der Waals surface area contributed by atoms with E-state index in [0.29, 0.717) is 24.1 Å². The highest BCUT2D eigenvalue weighted by atomic mass is 32.2. The number of amides is 2. The van der Waals surface area contributed by atoms with Gasteiger partial charge in [0.15, 0.2) is 5.76 Å². The fourth-order valence-electron chi connectivity index (χ4n) is 3.73. The van der Waals surface area contributed by atoms with Gasteiger partial charge >= 0.3 is 0 Å². The maximum Gasteiger partial charge on any atom is 0.280 e. The standard InChI is InChI=1S/C17H18N4O5S/c1-10-15(11(2)26-19-10)27(24,25)20-8-5-12(6-9-20)21-16(22)13-4-3-7-18-14(13)17(21)23/h3-4,7,12H,5-6,8-9H2,1-2H3. The Labute approximate surface area is 156 Å². The minimum atomic E-state index is -3.73. The second-order valence-corrected chi connectivity index (χ2v) is 8.54. The first-order valence-electron chi connectivity index (χ1n) is 8.58. The van der Waals surface area contributed by atoms with Crippen LogP contribution in [0.2, 0.25) is 0 Å². The predicted octanol–water partition coefficient (Wildman–Crippen LogP) is 1.14. The molecule has 0 saturated carbocycles. The van der Waals surface area contributed by atoms with Crippen LogP contribution in [0.1, 0.15) is 45.1 Å². The maximum atomic E-state index is 12.9. The molecule has 10 heteroatoms. The van der Waals surface area contributed by atoms with Crippen LogP contribution in [0.3, 0.4) is 0 Å². The maximum absolute atomic E-state index is 12.9. The summed E-state index contributed by atoms with van der Waals surface area (Å²) in [6.45, 7) is 3.56. The number of aromatic nitrogens is 2. The van der Waals surface area contributed by atoms with Crippen LogP contribution in [0.4, 0.5) is 0 Å². The monoisotopic (exact) mass is 390 g/mol. The highest BCUT2D eigenvalue weighted by Crippen LogP contribution is 2.30. The van der Waals surface area contributed by atoms with Crippen molar-refractivity contribution < 1.29 is 22.5 Å². The van der Waals surface area contributed by atoms with Crippen LogP contribution >= 0.6 is 0 Å². The number of carbonyl (C=O) groups excluding carboxylic acids is 2. The molecule has 2 aliphatic rings. The molecule has 2 aromatic rings. The molecule has 27 heavy (non-hydrogen) atoms. The largest absolute Gasteiger partial charge is 0.360 e. The average molecular weight is 390 g/mol. The summed E-state index contributed by atoms with van der Waals surface area (Å²) in [6, 6.07) is 2.85. The number of fused-ring (bicyclic) bond motifs is 1. The zero-order valence-electron chi connectivity index (χ0n) is 14.9. The summed E-state index contributed by atoms with van der Waals surface area (Å²) in [5, 5.41) is 3.71. The highest BCUT2D eigenvalue weighted by molar-refractivity contribution is 7.89. The van der Waals surface area contributed by atoms with Crippen molar-refractivity contribution in [3.8, 4) is 0 Å². The number of nitrogens with zero attached hydrogens (tertiary/aromatic N) is 4. The third-order valence-corrected chi connectivity index (χ3v) is 7.18. The van der Waals surface area contributed by atoms with Gasteiger partial charge in [0, 0.05) is 25.3 Å². The molecule has 0 spiro atoms. The lowest BCUT2D eigenvalue weighted by Crippen LogP contribution is -2.48. The lowest BCUT2D eigenvalue weighted by Gasteiger charge is -2.34. The van der Waals surface area contributed by atoms with Gasteiger partial charge in [0.05, 0.1) is 5.56 Å². The van der Waals surface area contributed by atoms with E-state index in [1.165, 1.54) is 15.4 Å². The van der Waals surface area contributed by atoms with Crippen LogP contribution in [-0.2, 0) is 10.0 Å². The van der Waals surface area contributed by atoms with Crippen LogP contribution in [0, 0.1) is 13.8 Å². The molecule has 2 aromatic heterocycles. The molecule has 1 saturated heterocycles. The van der Waals surface area contributed by atoms with Gasteiger partial charge in [-0.15, -0.1) is 0 Å². The van der Waals surface area contributed by atoms with Gasteiger partial charge in [-0.25, -0.2) is 8.42 Å². The van der Waals surface area contributed by atoms with E-state index in [9.17, 15) is 18.0 Å². The summed E-state index contributed by atoms with van der Waals surface area (Å²) in [6.07, 6.45) is 2.22. The Kier molecular flexibility index (Phi) is 4.11. The summed E-state index contributed by atoms with van der Waals surface area (Å²) in [4.78, 5) is 30.4. The summed E-state index contributed by atoms with van der Waals surface area (Å²) in [5.41, 5.74) is 0.780. The smallest absolute Gasteiger partial charge is 0.280 e. The lowest BCUT2D eigenvalue weighted by atomic mass is 10.1. The third-order valence-electron chi connectivity index (χ3n) is 5.03. The first-order valence-corrected chi connectivity index (χ1v) is 10.0. The number of pyridine rings is 1. The van der Waals surface area contributed by atoms with E-state index >= 15 is 0 Å². The molecule has 4 rings (SSSR count). The molecule has 2 amide bonds. The van der Waals surface area contributed by atoms with Gasteiger partial charge < -0.3 is 4.52 Å². The Balaban J connectivity index is 1.52. The Morgan fingerprint density at radius 3 is 2.44 bits per heavy atom. The molecule has 142 valence electrons. The molecule has 0 unspecified atom stereocenters. The van der Waals surface area contributed by atoms with Crippen LogP contribution in [0.5, 0.6) is 0 Å². The number of hydrogen-bond acceptors (Lipinski definition) is 7. The highest BCUT2D eigenvalue weighted by Gasteiger charge is 2.43. The Morgan fingerprint density at radius 1 is 1.15 bits per heavy atom. The van der Waals surface area contributed by atoms with Gasteiger partial charge in [0.25, 0.3) is 11.8 Å². The minimum absolute atomic E-state index is 0.0888. The summed E-state index contributed by atoms with van der Waals surface area (Å²) in [7, 11) is -3.73. The molecule has 0 aromatic carbocycles. The van der Waals surface area contributed by atoms with Gasteiger partial charge in [-0.1, -0.05) is 5.16 Å². The molecular weight excluding hydrogens is 372 g/mol. The second-order valence-electron chi connectivity index (χ2n) is 6.67. The number of imide groups is 1. The van der Waals surface area contributed by atoms with Gasteiger partial charge in [0.2, 0.25) is 10.0 Å². The number of hydrogen-bond donors (Lipinski definition) is 0. The quantitative estimate of drug-likeness (QED) is 0.722. The van der Waals surface area contributed by atoms with Crippen LogP contribution in [0.15, 0.2) is 27.7 Å². The van der Waals surface area contributed by atoms with Crippen LogP contribution in [-0.4, -0.2) is 58.7 Å². The molecule has 0 atom stereocenters. The molecule has 0 bridgehead atoms.